The molecular weight excluding hydrogens is 539 g/mol. The number of aliphatic hydroxyl groups excluding tert-OH is 1. The number of fused-ring (bicyclic) bond motifs is 5. The Balaban J connectivity index is 1.44. The highest BCUT2D eigenvalue weighted by Gasteiger charge is 2.75. The molecule has 0 aliphatic heterocycles. The van der Waals surface area contributed by atoms with Gasteiger partial charge in [0.1, 0.15) is 12.2 Å². The fraction of sp³-hybridized carbons (Fsp3) is 0.667. The summed E-state index contributed by atoms with van der Waals surface area (Å²) < 4.78 is 27.4. The van der Waals surface area contributed by atoms with Gasteiger partial charge in [-0.2, -0.15) is 0 Å². The highest BCUT2D eigenvalue weighted by Crippen LogP contribution is 2.70. The second kappa shape index (κ2) is 10.8. The Bertz CT molecular complexity index is 1180. The number of thioether (sulfide) groups is 1. The van der Waals surface area contributed by atoms with E-state index < -0.39 is 70.3 Å². The largest absolute Gasteiger partial charge is 0.461 e. The lowest BCUT2D eigenvalue weighted by Crippen LogP contribution is -2.69. The summed E-state index contributed by atoms with van der Waals surface area (Å²) in [6.07, 6.45) is 4.03. The average molecular weight is 579 g/mol. The number of aliphatic hydroxyl groups is 2. The van der Waals surface area contributed by atoms with Gasteiger partial charge in [-0.15, -0.1) is 11.8 Å². The molecule has 3 saturated carbocycles. The summed E-state index contributed by atoms with van der Waals surface area (Å²) in [5, 5.41) is 23.4. The third-order valence-electron chi connectivity index (χ3n) is 10.0. The number of ketones is 2. The summed E-state index contributed by atoms with van der Waals surface area (Å²) in [5.74, 6) is -3.32. The van der Waals surface area contributed by atoms with Crippen LogP contribution in [0.5, 0.6) is 0 Å². The van der Waals surface area contributed by atoms with Gasteiger partial charge >= 0.3 is 11.9 Å². The van der Waals surface area contributed by atoms with Crippen LogP contribution in [0, 0.1) is 28.6 Å². The molecule has 0 spiro atoms. The molecule has 0 aromatic carbocycles. The molecule has 2 unspecified atom stereocenters. The van der Waals surface area contributed by atoms with Crippen molar-refractivity contribution in [2.24, 2.45) is 28.6 Å². The molecule has 4 aliphatic rings. The van der Waals surface area contributed by atoms with Gasteiger partial charge in [-0.05, 0) is 63.5 Å². The first-order valence-corrected chi connectivity index (χ1v) is 14.9. The molecule has 0 aromatic heterocycles. The van der Waals surface area contributed by atoms with E-state index in [0.717, 1.165) is 0 Å². The Kier molecular flexibility index (Phi) is 8.30. The lowest BCUT2D eigenvalue weighted by Gasteiger charge is -2.62. The summed E-state index contributed by atoms with van der Waals surface area (Å²) in [7, 11) is 0. The van der Waals surface area contributed by atoms with E-state index in [9.17, 15) is 29.4 Å². The Morgan fingerprint density at radius 2 is 1.93 bits per heavy atom. The first-order chi connectivity index (χ1) is 18.6. The number of carbonyl (C=O) groups excluding carboxylic acids is 4. The van der Waals surface area contributed by atoms with Crippen molar-refractivity contribution < 1.29 is 43.3 Å². The minimum absolute atomic E-state index is 0.0681. The van der Waals surface area contributed by atoms with Crippen LogP contribution >= 0.6 is 11.8 Å². The molecule has 0 heterocycles. The SMILES string of the molecule is C=C(C)C(=O)OCCSCC(=O)OCC(=O)[C@@]1(O)[C@H](C)CC2[C@@H]3CCC4=CC(=O)C=C[C@]4(C)[C@@]3(F)[C@@H](O)CC21C. The van der Waals surface area contributed by atoms with Gasteiger partial charge in [0.05, 0.1) is 11.9 Å². The second-order valence-corrected chi connectivity index (χ2v) is 13.3. The Labute approximate surface area is 238 Å². The minimum Gasteiger partial charge on any atom is -0.461 e. The fourth-order valence-electron chi connectivity index (χ4n) is 7.91. The number of hydrogen-bond donors (Lipinski definition) is 2. The fourth-order valence-corrected chi connectivity index (χ4v) is 8.51. The number of rotatable bonds is 9. The van der Waals surface area contributed by atoms with Gasteiger partial charge < -0.3 is 19.7 Å². The van der Waals surface area contributed by atoms with Crippen LogP contribution in [-0.4, -0.2) is 75.8 Å². The zero-order valence-electron chi connectivity index (χ0n) is 23.5. The van der Waals surface area contributed by atoms with Crippen molar-refractivity contribution in [1.29, 1.82) is 0 Å². The van der Waals surface area contributed by atoms with E-state index in [-0.39, 0.29) is 30.1 Å². The van der Waals surface area contributed by atoms with E-state index in [1.807, 2.05) is 0 Å². The van der Waals surface area contributed by atoms with Gasteiger partial charge in [0.2, 0.25) is 5.78 Å². The highest BCUT2D eigenvalue weighted by atomic mass is 32.2. The molecule has 0 aromatic rings. The molecule has 4 aliphatic carbocycles. The third kappa shape index (κ3) is 4.60. The van der Waals surface area contributed by atoms with Crippen molar-refractivity contribution in [3.63, 3.8) is 0 Å². The van der Waals surface area contributed by atoms with Crippen LogP contribution in [-0.2, 0) is 28.7 Å². The van der Waals surface area contributed by atoms with Crippen LogP contribution in [0.2, 0.25) is 0 Å². The number of Topliss-reactive ketones (excluding diaryl/α,β-unsaturated/α-hetero) is 1. The molecule has 40 heavy (non-hydrogen) atoms. The first-order valence-electron chi connectivity index (χ1n) is 13.8. The molecule has 8 atom stereocenters. The number of esters is 2. The van der Waals surface area contributed by atoms with Gasteiger partial charge in [0.25, 0.3) is 0 Å². The molecule has 3 fully saturated rings. The van der Waals surface area contributed by atoms with Crippen molar-refractivity contribution in [1.82, 2.24) is 0 Å². The van der Waals surface area contributed by atoms with Crippen LogP contribution in [0.4, 0.5) is 4.39 Å². The molecule has 0 bridgehead atoms. The van der Waals surface area contributed by atoms with Gasteiger partial charge in [-0.1, -0.05) is 32.1 Å². The number of alkyl halides is 1. The van der Waals surface area contributed by atoms with Gasteiger partial charge in [-0.25, -0.2) is 9.18 Å². The smallest absolute Gasteiger partial charge is 0.333 e. The lowest BCUT2D eigenvalue weighted by atomic mass is 9.44. The molecule has 2 N–H and O–H groups in total. The lowest BCUT2D eigenvalue weighted by molar-refractivity contribution is -0.219. The maximum Gasteiger partial charge on any atom is 0.333 e. The average Bonchev–Trinajstić information content (AvgIpc) is 3.09. The normalized spacial score (nSPS) is 39.9. The van der Waals surface area contributed by atoms with Crippen molar-refractivity contribution in [3.8, 4) is 0 Å². The molecule has 10 heteroatoms. The van der Waals surface area contributed by atoms with E-state index in [0.29, 0.717) is 30.6 Å². The van der Waals surface area contributed by atoms with Crippen LogP contribution in [0.1, 0.15) is 53.4 Å². The summed E-state index contributed by atoms with van der Waals surface area (Å²) in [4.78, 5) is 49.2. The van der Waals surface area contributed by atoms with E-state index in [4.69, 9.17) is 9.47 Å². The first kappa shape index (κ1) is 30.7. The van der Waals surface area contributed by atoms with Gasteiger partial charge in [-0.3, -0.25) is 14.4 Å². The molecule has 4 rings (SSSR count). The Morgan fingerprint density at radius 3 is 2.60 bits per heavy atom. The van der Waals surface area contributed by atoms with Gasteiger partial charge in [0, 0.05) is 28.1 Å². The highest BCUT2D eigenvalue weighted by molar-refractivity contribution is 7.99. The maximum atomic E-state index is 17.2. The van der Waals surface area contributed by atoms with E-state index in [1.54, 1.807) is 26.8 Å². The number of hydrogen-bond acceptors (Lipinski definition) is 9. The molecule has 8 nitrogen and oxygen atoms in total. The number of allylic oxidation sites excluding steroid dienone is 4. The number of carbonyl (C=O) groups is 4. The number of ether oxygens (including phenoxy) is 2. The molecule has 220 valence electrons. The minimum atomic E-state index is -2.06. The Morgan fingerprint density at radius 1 is 1.23 bits per heavy atom. The van der Waals surface area contributed by atoms with Crippen molar-refractivity contribution in [2.75, 3.05) is 24.7 Å². The van der Waals surface area contributed by atoms with E-state index in [2.05, 4.69) is 6.58 Å². The third-order valence-corrected chi connectivity index (χ3v) is 10.9. The quantitative estimate of drug-likeness (QED) is 0.241. The monoisotopic (exact) mass is 578 g/mol. The zero-order valence-corrected chi connectivity index (χ0v) is 24.4. The van der Waals surface area contributed by atoms with E-state index >= 15 is 4.39 Å². The van der Waals surface area contributed by atoms with Crippen molar-refractivity contribution in [3.05, 3.63) is 36.0 Å². The topological polar surface area (TPSA) is 127 Å². The molecular formula is C30H39FO8S. The summed E-state index contributed by atoms with van der Waals surface area (Å²) in [5.41, 5.74) is -5.33. The molecule has 0 amide bonds. The molecule has 0 radical (unpaired) electrons. The van der Waals surface area contributed by atoms with E-state index in [1.165, 1.54) is 30.8 Å². The Hall–Kier alpha value is -2.30. The molecule has 0 saturated heterocycles. The maximum absolute atomic E-state index is 17.2. The van der Waals surface area contributed by atoms with Crippen LogP contribution < -0.4 is 0 Å². The zero-order chi connectivity index (χ0) is 29.7. The summed E-state index contributed by atoms with van der Waals surface area (Å²) in [6, 6.07) is 0. The summed E-state index contributed by atoms with van der Waals surface area (Å²) >= 11 is 1.18. The predicted molar refractivity (Wildman–Crippen MR) is 147 cm³/mol. The second-order valence-electron chi connectivity index (χ2n) is 12.2. The standard InChI is InChI=1S/C30H39FO8S/c1-17(2)26(36)38-10-11-40-16-25(35)39-15-24(34)30(37)18(3)12-22-21-7-6-19-13-20(32)8-9-27(19,4)29(21,31)23(33)14-28(22,30)5/h8-9,13,18,21-23,33,37H,1,6-7,10-12,14-16H2,2-5H3/t18-,21+,22?,23+,27+,28?,29+,30+/m1/s1. The van der Waals surface area contributed by atoms with Crippen molar-refractivity contribution >= 4 is 35.3 Å². The summed E-state index contributed by atoms with van der Waals surface area (Å²) in [6.45, 7) is 9.69. The number of halogens is 1. The van der Waals surface area contributed by atoms with Crippen LogP contribution in [0.3, 0.4) is 0 Å². The van der Waals surface area contributed by atoms with Crippen molar-refractivity contribution in [2.45, 2.75) is 70.8 Å². The van der Waals surface area contributed by atoms with Gasteiger partial charge in [0.15, 0.2) is 18.1 Å². The predicted octanol–water partition coefficient (Wildman–Crippen LogP) is 3.30. The van der Waals surface area contributed by atoms with Crippen LogP contribution in [0.15, 0.2) is 36.0 Å². The van der Waals surface area contributed by atoms with Crippen LogP contribution in [0.25, 0.3) is 0 Å².